The molecule has 0 aliphatic carbocycles. The highest BCUT2D eigenvalue weighted by atomic mass is 35.5. The molecular formula is C15H16ClN3O2. The molecule has 3 heterocycles. The number of hydrogen-bond acceptors (Lipinski definition) is 4. The van der Waals surface area contributed by atoms with Gasteiger partial charge in [0.05, 0.1) is 17.6 Å². The van der Waals surface area contributed by atoms with Crippen LogP contribution in [0.3, 0.4) is 0 Å². The first kappa shape index (κ1) is 13.9. The highest BCUT2D eigenvalue weighted by Gasteiger charge is 2.24. The number of furan rings is 1. The summed E-state index contributed by atoms with van der Waals surface area (Å²) >= 11 is 5.88. The van der Waals surface area contributed by atoms with E-state index in [-0.39, 0.29) is 5.91 Å². The van der Waals surface area contributed by atoms with Crippen molar-refractivity contribution in [3.63, 3.8) is 0 Å². The van der Waals surface area contributed by atoms with Gasteiger partial charge in [0.1, 0.15) is 5.15 Å². The number of pyridine rings is 1. The number of hydrogen-bond donors (Lipinski definition) is 0. The number of amides is 1. The molecule has 1 aliphatic rings. The molecule has 1 aliphatic heterocycles. The van der Waals surface area contributed by atoms with Gasteiger partial charge in [0.15, 0.2) is 5.76 Å². The summed E-state index contributed by atoms with van der Waals surface area (Å²) < 4.78 is 5.16. The van der Waals surface area contributed by atoms with Crippen LogP contribution in [-0.4, -0.2) is 42.0 Å². The van der Waals surface area contributed by atoms with Gasteiger partial charge in [-0.25, -0.2) is 4.98 Å². The van der Waals surface area contributed by atoms with Gasteiger partial charge in [-0.3, -0.25) is 4.79 Å². The van der Waals surface area contributed by atoms with E-state index >= 15 is 0 Å². The zero-order valence-corrected chi connectivity index (χ0v) is 12.5. The molecule has 3 rings (SSSR count). The standard InChI is InChI=1S/C15H16ClN3O2/c1-11-12(4-5-14(16)17-11)18-6-8-19(9-7-18)15(20)13-3-2-10-21-13/h2-5,10H,6-9H2,1H3. The van der Waals surface area contributed by atoms with Gasteiger partial charge in [-0.2, -0.15) is 0 Å². The van der Waals surface area contributed by atoms with Crippen LogP contribution in [0.1, 0.15) is 16.2 Å². The molecule has 21 heavy (non-hydrogen) atoms. The average Bonchev–Trinajstić information content (AvgIpc) is 3.01. The van der Waals surface area contributed by atoms with Crippen molar-refractivity contribution in [2.75, 3.05) is 31.1 Å². The van der Waals surface area contributed by atoms with E-state index in [0.29, 0.717) is 24.0 Å². The van der Waals surface area contributed by atoms with Crippen LogP contribution in [0.4, 0.5) is 5.69 Å². The van der Waals surface area contributed by atoms with E-state index in [1.54, 1.807) is 18.2 Å². The highest BCUT2D eigenvalue weighted by Crippen LogP contribution is 2.22. The number of aryl methyl sites for hydroxylation is 1. The number of carbonyl (C=O) groups excluding carboxylic acids is 1. The molecule has 0 unspecified atom stereocenters. The van der Waals surface area contributed by atoms with E-state index in [2.05, 4.69) is 9.88 Å². The fourth-order valence-corrected chi connectivity index (χ4v) is 2.75. The van der Waals surface area contributed by atoms with Crippen molar-refractivity contribution in [2.24, 2.45) is 0 Å². The molecule has 1 saturated heterocycles. The van der Waals surface area contributed by atoms with Gasteiger partial charge in [-0.15, -0.1) is 0 Å². The first-order chi connectivity index (χ1) is 10.1. The smallest absolute Gasteiger partial charge is 0.289 e. The maximum absolute atomic E-state index is 12.2. The van der Waals surface area contributed by atoms with E-state index in [4.69, 9.17) is 16.0 Å². The summed E-state index contributed by atoms with van der Waals surface area (Å²) in [6.07, 6.45) is 1.52. The van der Waals surface area contributed by atoms with Gasteiger partial charge in [-0.05, 0) is 31.2 Å². The molecule has 1 amide bonds. The molecule has 5 nitrogen and oxygen atoms in total. The third-order valence-electron chi connectivity index (χ3n) is 3.66. The second-order valence-electron chi connectivity index (χ2n) is 5.00. The lowest BCUT2D eigenvalue weighted by molar-refractivity contribution is 0.0714. The van der Waals surface area contributed by atoms with Crippen LogP contribution < -0.4 is 4.90 Å². The number of rotatable bonds is 2. The molecule has 0 saturated carbocycles. The Balaban J connectivity index is 1.66. The maximum atomic E-state index is 12.2. The fraction of sp³-hybridized carbons (Fsp3) is 0.333. The number of anilines is 1. The van der Waals surface area contributed by atoms with Gasteiger partial charge in [0.2, 0.25) is 0 Å². The first-order valence-electron chi connectivity index (χ1n) is 6.86. The minimum absolute atomic E-state index is 0.0504. The van der Waals surface area contributed by atoms with Crippen LogP contribution in [-0.2, 0) is 0 Å². The molecule has 1 fully saturated rings. The second-order valence-corrected chi connectivity index (χ2v) is 5.38. The van der Waals surface area contributed by atoms with Crippen molar-refractivity contribution in [1.82, 2.24) is 9.88 Å². The van der Waals surface area contributed by atoms with Crippen LogP contribution in [0.2, 0.25) is 5.15 Å². The predicted octanol–water partition coefficient (Wildman–Crippen LogP) is 2.60. The Bertz CT molecular complexity index is 634. The molecule has 110 valence electrons. The summed E-state index contributed by atoms with van der Waals surface area (Å²) in [7, 11) is 0. The topological polar surface area (TPSA) is 49.6 Å². The molecule has 0 radical (unpaired) electrons. The molecule has 0 atom stereocenters. The Hall–Kier alpha value is -2.01. The second kappa shape index (κ2) is 5.77. The van der Waals surface area contributed by atoms with Crippen LogP contribution in [0.5, 0.6) is 0 Å². The number of carbonyl (C=O) groups is 1. The molecule has 0 aromatic carbocycles. The number of nitrogens with zero attached hydrogens (tertiary/aromatic N) is 3. The minimum atomic E-state index is -0.0504. The third kappa shape index (κ3) is 2.88. The summed E-state index contributed by atoms with van der Waals surface area (Å²) in [5, 5.41) is 0.503. The summed E-state index contributed by atoms with van der Waals surface area (Å²) in [5.41, 5.74) is 1.98. The van der Waals surface area contributed by atoms with Gasteiger partial charge in [-0.1, -0.05) is 11.6 Å². The average molecular weight is 306 g/mol. The molecule has 2 aromatic rings. The van der Waals surface area contributed by atoms with Gasteiger partial charge in [0, 0.05) is 26.2 Å². The van der Waals surface area contributed by atoms with E-state index in [9.17, 15) is 4.79 Å². The Morgan fingerprint density at radius 1 is 1.24 bits per heavy atom. The number of aromatic nitrogens is 1. The largest absolute Gasteiger partial charge is 0.459 e. The van der Waals surface area contributed by atoms with Crippen molar-refractivity contribution < 1.29 is 9.21 Å². The highest BCUT2D eigenvalue weighted by molar-refractivity contribution is 6.29. The molecule has 2 aromatic heterocycles. The fourth-order valence-electron chi connectivity index (χ4n) is 2.56. The van der Waals surface area contributed by atoms with Crippen LogP contribution in [0.15, 0.2) is 34.9 Å². The van der Waals surface area contributed by atoms with Crippen molar-refractivity contribution >= 4 is 23.2 Å². The van der Waals surface area contributed by atoms with Gasteiger partial charge < -0.3 is 14.2 Å². The summed E-state index contributed by atoms with van der Waals surface area (Å²) in [4.78, 5) is 20.5. The first-order valence-corrected chi connectivity index (χ1v) is 7.24. The van der Waals surface area contributed by atoms with Gasteiger partial charge in [0.25, 0.3) is 5.91 Å². The monoisotopic (exact) mass is 305 g/mol. The molecule has 6 heteroatoms. The molecular weight excluding hydrogens is 290 g/mol. The van der Waals surface area contributed by atoms with Crippen molar-refractivity contribution in [3.8, 4) is 0 Å². The zero-order valence-electron chi connectivity index (χ0n) is 11.8. The Morgan fingerprint density at radius 2 is 2.00 bits per heavy atom. The SMILES string of the molecule is Cc1nc(Cl)ccc1N1CCN(C(=O)c2ccco2)CC1. The molecule has 0 spiro atoms. The maximum Gasteiger partial charge on any atom is 0.289 e. The lowest BCUT2D eigenvalue weighted by Crippen LogP contribution is -2.49. The lowest BCUT2D eigenvalue weighted by Gasteiger charge is -2.36. The Kier molecular flexibility index (Phi) is 3.84. The molecule has 0 N–H and O–H groups in total. The van der Waals surface area contributed by atoms with Crippen LogP contribution >= 0.6 is 11.6 Å². The van der Waals surface area contributed by atoms with Crippen molar-refractivity contribution in [2.45, 2.75) is 6.92 Å². The van der Waals surface area contributed by atoms with Crippen LogP contribution in [0, 0.1) is 6.92 Å². The Labute approximate surface area is 128 Å². The zero-order chi connectivity index (χ0) is 14.8. The van der Waals surface area contributed by atoms with Crippen molar-refractivity contribution in [3.05, 3.63) is 47.1 Å². The minimum Gasteiger partial charge on any atom is -0.459 e. The summed E-state index contributed by atoms with van der Waals surface area (Å²) in [6.45, 7) is 4.83. The third-order valence-corrected chi connectivity index (χ3v) is 3.87. The summed E-state index contributed by atoms with van der Waals surface area (Å²) in [6, 6.07) is 7.20. The number of halogens is 1. The lowest BCUT2D eigenvalue weighted by atomic mass is 10.2. The summed E-state index contributed by atoms with van der Waals surface area (Å²) in [5.74, 6) is 0.346. The van der Waals surface area contributed by atoms with Crippen LogP contribution in [0.25, 0.3) is 0 Å². The van der Waals surface area contributed by atoms with Crippen molar-refractivity contribution in [1.29, 1.82) is 0 Å². The van der Waals surface area contributed by atoms with Gasteiger partial charge >= 0.3 is 0 Å². The van der Waals surface area contributed by atoms with E-state index in [0.717, 1.165) is 24.5 Å². The molecule has 0 bridgehead atoms. The quantitative estimate of drug-likeness (QED) is 0.800. The van der Waals surface area contributed by atoms with E-state index in [1.807, 2.05) is 17.9 Å². The van der Waals surface area contributed by atoms with E-state index in [1.165, 1.54) is 6.26 Å². The number of piperazine rings is 1. The van der Waals surface area contributed by atoms with E-state index < -0.39 is 0 Å². The normalized spacial score (nSPS) is 15.3. The Morgan fingerprint density at radius 3 is 2.62 bits per heavy atom. The predicted molar refractivity (Wildman–Crippen MR) is 80.8 cm³/mol.